The van der Waals surface area contributed by atoms with Crippen molar-refractivity contribution in [1.29, 1.82) is 0 Å². The first-order chi connectivity index (χ1) is 47.4. The third-order valence-electron chi connectivity index (χ3n) is 18.8. The van der Waals surface area contributed by atoms with Crippen molar-refractivity contribution in [3.05, 3.63) is 0 Å². The lowest BCUT2D eigenvalue weighted by Crippen LogP contribution is -2.30. The minimum Gasteiger partial charge on any atom is -0.462 e. The third-order valence-corrected chi connectivity index (χ3v) is 20.7. The van der Waals surface area contributed by atoms with Gasteiger partial charge in [-0.2, -0.15) is 0 Å². The molecule has 0 bridgehead atoms. The van der Waals surface area contributed by atoms with Crippen LogP contribution in [0.2, 0.25) is 0 Å². The Morgan fingerprint density at radius 1 is 0.296 bits per heavy atom. The fourth-order valence-electron chi connectivity index (χ4n) is 12.2. The molecule has 6 atom stereocenters. The zero-order valence-electron chi connectivity index (χ0n) is 64.1. The van der Waals surface area contributed by atoms with Crippen LogP contribution in [-0.4, -0.2) is 96.7 Å². The quantitative estimate of drug-likeness (QED) is 0.0222. The van der Waals surface area contributed by atoms with Gasteiger partial charge in [0.2, 0.25) is 0 Å². The first-order valence-corrected chi connectivity index (χ1v) is 44.0. The van der Waals surface area contributed by atoms with Crippen LogP contribution in [0, 0.1) is 11.8 Å². The molecule has 0 aliphatic heterocycles. The Balaban J connectivity index is 5.18. The first kappa shape index (κ1) is 96.1. The molecule has 0 aliphatic carbocycles. The average molecular weight is 1440 g/mol. The normalized spacial score (nSPS) is 14.2. The summed E-state index contributed by atoms with van der Waals surface area (Å²) in [6, 6.07) is 0. The third kappa shape index (κ3) is 71.1. The minimum absolute atomic E-state index is 0.103. The Labute approximate surface area is 600 Å². The molecular formula is C79H154O17P2. The van der Waals surface area contributed by atoms with Crippen molar-refractivity contribution in [1.82, 2.24) is 0 Å². The Morgan fingerprint density at radius 2 is 0.520 bits per heavy atom. The molecule has 0 aromatic rings. The lowest BCUT2D eigenvalue weighted by Gasteiger charge is -2.21. The number of esters is 4. The number of phosphoric ester groups is 2. The van der Waals surface area contributed by atoms with Gasteiger partial charge in [0.1, 0.15) is 19.3 Å². The van der Waals surface area contributed by atoms with Gasteiger partial charge in [0.05, 0.1) is 26.4 Å². The molecule has 0 rings (SSSR count). The van der Waals surface area contributed by atoms with Crippen molar-refractivity contribution < 1.29 is 80.2 Å². The van der Waals surface area contributed by atoms with Crippen molar-refractivity contribution in [2.24, 2.45) is 11.8 Å². The largest absolute Gasteiger partial charge is 0.472 e. The van der Waals surface area contributed by atoms with Crippen LogP contribution in [0.1, 0.15) is 414 Å². The minimum atomic E-state index is -4.96. The molecule has 0 radical (unpaired) electrons. The van der Waals surface area contributed by atoms with E-state index in [-0.39, 0.29) is 25.7 Å². The van der Waals surface area contributed by atoms with Crippen molar-refractivity contribution in [3.63, 3.8) is 0 Å². The second-order valence-electron chi connectivity index (χ2n) is 29.2. The van der Waals surface area contributed by atoms with Gasteiger partial charge < -0.3 is 33.8 Å². The summed E-state index contributed by atoms with van der Waals surface area (Å²) >= 11 is 0. The van der Waals surface area contributed by atoms with E-state index in [0.29, 0.717) is 25.7 Å². The maximum absolute atomic E-state index is 13.1. The Hall–Kier alpha value is -1.94. The molecule has 0 aliphatic rings. The number of rotatable bonds is 78. The molecule has 19 heteroatoms. The van der Waals surface area contributed by atoms with Crippen LogP contribution in [0.15, 0.2) is 0 Å². The van der Waals surface area contributed by atoms with Crippen molar-refractivity contribution in [3.8, 4) is 0 Å². The van der Waals surface area contributed by atoms with E-state index in [1.165, 1.54) is 231 Å². The molecule has 0 amide bonds. The number of aliphatic hydroxyl groups excluding tert-OH is 1. The van der Waals surface area contributed by atoms with Gasteiger partial charge in [-0.05, 0) is 37.5 Å². The average Bonchev–Trinajstić information content (AvgIpc) is 0.963. The number of carbonyl (C=O) groups excluding carboxylic acids is 4. The van der Waals surface area contributed by atoms with Gasteiger partial charge in [0.15, 0.2) is 12.2 Å². The van der Waals surface area contributed by atoms with E-state index < -0.39 is 97.5 Å². The number of hydrogen-bond donors (Lipinski definition) is 3. The second kappa shape index (κ2) is 70.7. The molecule has 0 aromatic heterocycles. The van der Waals surface area contributed by atoms with E-state index in [0.717, 1.165) is 102 Å². The van der Waals surface area contributed by atoms with Crippen LogP contribution in [0.3, 0.4) is 0 Å². The Bertz CT molecular complexity index is 1890. The maximum atomic E-state index is 13.1. The molecule has 17 nitrogen and oxygen atoms in total. The number of aliphatic hydroxyl groups is 1. The van der Waals surface area contributed by atoms with Crippen molar-refractivity contribution in [2.75, 3.05) is 39.6 Å². The number of unbranched alkanes of at least 4 members (excludes halogenated alkanes) is 47. The lowest BCUT2D eigenvalue weighted by atomic mass is 10.00. The fourth-order valence-corrected chi connectivity index (χ4v) is 13.7. The summed E-state index contributed by atoms with van der Waals surface area (Å²) in [6.07, 6.45) is 59.9. The predicted octanol–water partition coefficient (Wildman–Crippen LogP) is 23.5. The molecule has 0 fully saturated rings. The SMILES string of the molecule is CCCCCCCCCCCCCCCCCCCCC(=O)OC[C@H](COP(=O)(O)OC[C@@H](O)COP(=O)(O)OC[C@@H](COC(=O)CCCCCCCCCCC)OC(=O)CCCCCCCCC(C)CC)OC(=O)CCCCCCCCCCCCCCCCCCCCC(C)C. The molecule has 98 heavy (non-hydrogen) atoms. The second-order valence-corrected chi connectivity index (χ2v) is 32.1. The van der Waals surface area contributed by atoms with E-state index in [2.05, 4.69) is 41.5 Å². The van der Waals surface area contributed by atoms with Crippen molar-refractivity contribution >= 4 is 39.5 Å². The summed E-state index contributed by atoms with van der Waals surface area (Å²) in [4.78, 5) is 72.8. The highest BCUT2D eigenvalue weighted by Gasteiger charge is 2.30. The van der Waals surface area contributed by atoms with E-state index in [1.54, 1.807) is 0 Å². The zero-order valence-corrected chi connectivity index (χ0v) is 65.9. The molecule has 0 heterocycles. The van der Waals surface area contributed by atoms with Crippen LogP contribution < -0.4 is 0 Å². The van der Waals surface area contributed by atoms with Crippen LogP contribution in [0.25, 0.3) is 0 Å². The highest BCUT2D eigenvalue weighted by Crippen LogP contribution is 2.45. The first-order valence-electron chi connectivity index (χ1n) is 41.0. The van der Waals surface area contributed by atoms with Gasteiger partial charge in [-0.15, -0.1) is 0 Å². The number of carbonyl (C=O) groups is 4. The predicted molar refractivity (Wildman–Crippen MR) is 400 cm³/mol. The topological polar surface area (TPSA) is 237 Å². The molecule has 3 N–H and O–H groups in total. The van der Waals surface area contributed by atoms with Crippen LogP contribution >= 0.6 is 15.6 Å². The van der Waals surface area contributed by atoms with E-state index in [9.17, 15) is 43.2 Å². The van der Waals surface area contributed by atoms with Crippen LogP contribution in [0.4, 0.5) is 0 Å². The molecular weight excluding hydrogens is 1280 g/mol. The van der Waals surface area contributed by atoms with E-state index >= 15 is 0 Å². The highest BCUT2D eigenvalue weighted by molar-refractivity contribution is 7.47. The van der Waals surface area contributed by atoms with Gasteiger partial charge in [-0.3, -0.25) is 37.3 Å². The zero-order chi connectivity index (χ0) is 72.1. The monoisotopic (exact) mass is 1440 g/mol. The fraction of sp³-hybridized carbons (Fsp3) is 0.949. The molecule has 582 valence electrons. The maximum Gasteiger partial charge on any atom is 0.472 e. The van der Waals surface area contributed by atoms with Gasteiger partial charge in [-0.1, -0.05) is 363 Å². The molecule has 3 unspecified atom stereocenters. The summed E-state index contributed by atoms with van der Waals surface area (Å²) in [7, 11) is -9.91. The van der Waals surface area contributed by atoms with Gasteiger partial charge in [-0.25, -0.2) is 9.13 Å². The molecule has 0 saturated heterocycles. The number of ether oxygens (including phenoxy) is 4. The Morgan fingerprint density at radius 3 is 0.776 bits per heavy atom. The summed E-state index contributed by atoms with van der Waals surface area (Å²) < 4.78 is 68.5. The smallest absolute Gasteiger partial charge is 0.462 e. The van der Waals surface area contributed by atoms with Gasteiger partial charge in [0.25, 0.3) is 0 Å². The summed E-state index contributed by atoms with van der Waals surface area (Å²) in [5, 5.41) is 10.6. The summed E-state index contributed by atoms with van der Waals surface area (Å²) in [5.41, 5.74) is 0. The molecule has 0 saturated carbocycles. The molecule has 0 spiro atoms. The summed E-state index contributed by atoms with van der Waals surface area (Å²) in [6.45, 7) is 9.58. The lowest BCUT2D eigenvalue weighted by molar-refractivity contribution is -0.161. The van der Waals surface area contributed by atoms with E-state index in [4.69, 9.17) is 37.0 Å². The number of phosphoric acid groups is 2. The van der Waals surface area contributed by atoms with Crippen molar-refractivity contribution in [2.45, 2.75) is 432 Å². The summed E-state index contributed by atoms with van der Waals surface area (Å²) in [5.74, 6) is -0.576. The Kier molecular flexibility index (Phi) is 69.3. The van der Waals surface area contributed by atoms with Gasteiger partial charge >= 0.3 is 39.5 Å². The van der Waals surface area contributed by atoms with Crippen LogP contribution in [0.5, 0.6) is 0 Å². The van der Waals surface area contributed by atoms with E-state index in [1.807, 2.05) is 0 Å². The number of hydrogen-bond acceptors (Lipinski definition) is 15. The van der Waals surface area contributed by atoms with Crippen LogP contribution in [-0.2, 0) is 65.4 Å². The standard InChI is InChI=1S/C79H154O17P2/c1-7-10-12-14-16-18-19-20-21-22-26-29-32-35-39-43-50-56-62-77(82)90-67-74(95-78(83)63-57-51-44-40-36-33-30-27-24-23-25-28-31-34-38-41-47-53-59-71(4)5)69-93-97(85,86)91-65-73(80)66-92-98(87,88)94-70-75(68-89-76(81)61-55-49-42-37-17-15-13-11-8-2)96-79(84)64-58-52-46-45-48-54-60-72(6)9-3/h71-75,80H,7-70H2,1-6H3,(H,85,86)(H,87,88)/t72?,73-,74-,75-/m1/s1. The highest BCUT2D eigenvalue weighted by atomic mass is 31.2. The van der Waals surface area contributed by atoms with Gasteiger partial charge in [0, 0.05) is 25.7 Å². The molecule has 0 aromatic carbocycles.